The summed E-state index contributed by atoms with van der Waals surface area (Å²) in [6.07, 6.45) is 1.42. The van der Waals surface area contributed by atoms with Gasteiger partial charge in [0.05, 0.1) is 4.90 Å². The van der Waals surface area contributed by atoms with Crippen LogP contribution in [0.3, 0.4) is 0 Å². The molecule has 0 bridgehead atoms. The van der Waals surface area contributed by atoms with Crippen molar-refractivity contribution in [2.75, 3.05) is 0 Å². The second-order valence-electron chi connectivity index (χ2n) is 7.45. The molecule has 0 spiro atoms. The number of carboxylic acid groups (broad SMARTS) is 1. The molecule has 30 heavy (non-hydrogen) atoms. The summed E-state index contributed by atoms with van der Waals surface area (Å²) in [5.41, 5.74) is -0.177. The number of aliphatic carboxylic acids is 1. The molecule has 0 atom stereocenters. The van der Waals surface area contributed by atoms with Gasteiger partial charge in [-0.15, -0.1) is 0 Å². The van der Waals surface area contributed by atoms with Crippen molar-refractivity contribution in [1.29, 1.82) is 0 Å². The van der Waals surface area contributed by atoms with Crippen molar-refractivity contribution in [3.8, 4) is 0 Å². The molecule has 1 aliphatic carbocycles. The van der Waals surface area contributed by atoms with E-state index in [4.69, 9.17) is 16.7 Å². The van der Waals surface area contributed by atoms with E-state index in [0.29, 0.717) is 24.3 Å². The number of rotatable bonds is 6. The first-order valence-electron chi connectivity index (χ1n) is 9.33. The van der Waals surface area contributed by atoms with Crippen LogP contribution < -0.4 is 29.6 Å². The minimum atomic E-state index is -4.07. The number of sulfone groups is 1. The largest absolute Gasteiger partial charge is 1.00 e. The van der Waals surface area contributed by atoms with Gasteiger partial charge in [-0.1, -0.05) is 11.6 Å². The minimum absolute atomic E-state index is 0. The number of benzene rings is 2. The van der Waals surface area contributed by atoms with Crippen molar-refractivity contribution >= 4 is 27.4 Å². The van der Waals surface area contributed by atoms with Gasteiger partial charge in [-0.2, -0.15) is 0 Å². The van der Waals surface area contributed by atoms with Gasteiger partial charge < -0.3 is 6.53 Å². The molecular formula is C21H22ClF2NaO4S. The molecule has 0 saturated heterocycles. The molecule has 1 saturated carbocycles. The third kappa shape index (κ3) is 5.07. The van der Waals surface area contributed by atoms with Gasteiger partial charge >= 0.3 is 35.5 Å². The fourth-order valence-corrected chi connectivity index (χ4v) is 6.42. The first-order chi connectivity index (χ1) is 13.7. The van der Waals surface area contributed by atoms with Crippen molar-refractivity contribution < 1.29 is 58.1 Å². The summed E-state index contributed by atoms with van der Waals surface area (Å²) in [6.45, 7) is 0. The molecule has 1 aliphatic rings. The summed E-state index contributed by atoms with van der Waals surface area (Å²) in [4.78, 5) is 10.8. The second-order valence-corrected chi connectivity index (χ2v) is 10.1. The van der Waals surface area contributed by atoms with Crippen molar-refractivity contribution in [2.24, 2.45) is 5.92 Å². The molecule has 0 radical (unpaired) electrons. The number of hydrogen-bond acceptors (Lipinski definition) is 3. The van der Waals surface area contributed by atoms with Crippen LogP contribution in [0.5, 0.6) is 0 Å². The molecule has 0 heterocycles. The Balaban J connectivity index is 0.00000240. The predicted octanol–water partition coefficient (Wildman–Crippen LogP) is 2.46. The average Bonchev–Trinajstić information content (AvgIpc) is 2.69. The summed E-state index contributed by atoms with van der Waals surface area (Å²) in [6, 6.07) is 8.49. The second kappa shape index (κ2) is 10.1. The van der Waals surface area contributed by atoms with Crippen LogP contribution in [0, 0.1) is 17.6 Å². The third-order valence-electron chi connectivity index (χ3n) is 5.74. The smallest absolute Gasteiger partial charge is 1.00 e. The standard InChI is InChI=1S/C21H21ClF2O4S.Na.H/c22-15-2-5-17(6-3-15)29(27,28)21(18-13-16(23)4-7-19(18)24)11-9-14(10-12-21)1-8-20(25)26;;/h2-7,13-14H,1,8-12H2,(H,25,26);;/q;+1;-1. The van der Waals surface area contributed by atoms with E-state index in [1.165, 1.54) is 24.3 Å². The van der Waals surface area contributed by atoms with E-state index in [9.17, 15) is 22.0 Å². The summed E-state index contributed by atoms with van der Waals surface area (Å²) in [5.74, 6) is -2.36. The molecule has 3 rings (SSSR count). The first-order valence-corrected chi connectivity index (χ1v) is 11.2. The Hall–Kier alpha value is -0.990. The molecule has 158 valence electrons. The van der Waals surface area contributed by atoms with Crippen LogP contribution in [0.2, 0.25) is 5.02 Å². The number of carbonyl (C=O) groups is 1. The molecule has 1 N–H and O–H groups in total. The van der Waals surface area contributed by atoms with Crippen molar-refractivity contribution in [2.45, 2.75) is 48.2 Å². The van der Waals surface area contributed by atoms with E-state index in [1.807, 2.05) is 0 Å². The van der Waals surface area contributed by atoms with Gasteiger partial charge in [0.2, 0.25) is 0 Å². The van der Waals surface area contributed by atoms with Crippen LogP contribution in [0.1, 0.15) is 45.5 Å². The molecule has 0 aliphatic heterocycles. The van der Waals surface area contributed by atoms with Gasteiger partial charge in [-0.25, -0.2) is 17.2 Å². The van der Waals surface area contributed by atoms with Crippen LogP contribution in [-0.2, 0) is 19.4 Å². The Bertz CT molecular complexity index is 1010. The summed E-state index contributed by atoms with van der Waals surface area (Å²) >= 11 is 5.87. The van der Waals surface area contributed by atoms with Crippen LogP contribution in [0.15, 0.2) is 47.4 Å². The van der Waals surface area contributed by atoms with Crippen LogP contribution in [0.25, 0.3) is 0 Å². The van der Waals surface area contributed by atoms with Gasteiger partial charge in [-0.3, -0.25) is 4.79 Å². The van der Waals surface area contributed by atoms with E-state index < -0.39 is 32.2 Å². The van der Waals surface area contributed by atoms with E-state index >= 15 is 0 Å². The SMILES string of the molecule is O=C(O)CCC1CCC(c2cc(F)ccc2F)(S(=O)(=O)c2ccc(Cl)cc2)CC1.[H-].[Na+]. The number of carboxylic acids is 1. The van der Waals surface area contributed by atoms with Gasteiger partial charge in [-0.05, 0) is 80.5 Å². The quantitative estimate of drug-likeness (QED) is 0.664. The molecule has 0 aromatic heterocycles. The Morgan fingerprint density at radius 1 is 1.13 bits per heavy atom. The van der Waals surface area contributed by atoms with Crippen LogP contribution >= 0.6 is 11.6 Å². The zero-order valence-corrected chi connectivity index (χ0v) is 20.1. The molecular weight excluding hydrogens is 445 g/mol. The van der Waals surface area contributed by atoms with E-state index in [1.54, 1.807) is 0 Å². The van der Waals surface area contributed by atoms with Gasteiger partial charge in [0.1, 0.15) is 16.4 Å². The molecule has 4 nitrogen and oxygen atoms in total. The predicted molar refractivity (Wildman–Crippen MR) is 107 cm³/mol. The molecule has 0 amide bonds. The normalized spacial score (nSPS) is 21.6. The average molecular weight is 467 g/mol. The van der Waals surface area contributed by atoms with Gasteiger partial charge in [0.25, 0.3) is 0 Å². The summed E-state index contributed by atoms with van der Waals surface area (Å²) in [5, 5.41) is 9.26. The van der Waals surface area contributed by atoms with Gasteiger partial charge in [0, 0.05) is 17.0 Å². The van der Waals surface area contributed by atoms with Crippen LogP contribution in [0.4, 0.5) is 8.78 Å². The minimum Gasteiger partial charge on any atom is -1.00 e. The monoisotopic (exact) mass is 466 g/mol. The summed E-state index contributed by atoms with van der Waals surface area (Å²) in [7, 11) is -4.07. The first kappa shape index (κ1) is 25.3. The van der Waals surface area contributed by atoms with E-state index in [-0.39, 0.29) is 66.6 Å². The topological polar surface area (TPSA) is 71.4 Å². The maximum absolute atomic E-state index is 14.7. The number of hydrogen-bond donors (Lipinski definition) is 1. The van der Waals surface area contributed by atoms with Crippen molar-refractivity contribution in [3.63, 3.8) is 0 Å². The third-order valence-corrected chi connectivity index (χ3v) is 8.54. The molecule has 9 heteroatoms. The van der Waals surface area contributed by atoms with Crippen LogP contribution in [-0.4, -0.2) is 19.5 Å². The summed E-state index contributed by atoms with van der Waals surface area (Å²) < 4.78 is 54.3. The Kier molecular flexibility index (Phi) is 8.50. The molecule has 0 unspecified atom stereocenters. The van der Waals surface area contributed by atoms with Crippen molar-refractivity contribution in [3.05, 3.63) is 64.7 Å². The van der Waals surface area contributed by atoms with Crippen molar-refractivity contribution in [1.82, 2.24) is 0 Å². The fourth-order valence-electron chi connectivity index (χ4n) is 4.13. The van der Waals surface area contributed by atoms with E-state index in [2.05, 4.69) is 0 Å². The van der Waals surface area contributed by atoms with E-state index in [0.717, 1.165) is 18.2 Å². The fraction of sp³-hybridized carbons (Fsp3) is 0.381. The number of halogens is 3. The Morgan fingerprint density at radius 2 is 1.73 bits per heavy atom. The maximum Gasteiger partial charge on any atom is 1.00 e. The Labute approximate surface area is 203 Å². The zero-order valence-electron chi connectivity index (χ0n) is 17.6. The molecule has 2 aromatic carbocycles. The molecule has 2 aromatic rings. The van der Waals surface area contributed by atoms with Gasteiger partial charge in [0.15, 0.2) is 9.84 Å². The zero-order chi connectivity index (χ0) is 21.2. The maximum atomic E-state index is 14.7. The molecule has 1 fully saturated rings. The Morgan fingerprint density at radius 3 is 2.30 bits per heavy atom.